The summed E-state index contributed by atoms with van der Waals surface area (Å²) in [4.78, 5) is 17.9. The van der Waals surface area contributed by atoms with E-state index >= 15 is 0 Å². The highest BCUT2D eigenvalue weighted by molar-refractivity contribution is 5.32. The number of aromatic nitrogens is 2. The van der Waals surface area contributed by atoms with Crippen molar-refractivity contribution in [3.63, 3.8) is 0 Å². The first-order chi connectivity index (χ1) is 6.18. The van der Waals surface area contributed by atoms with Crippen molar-refractivity contribution in [1.29, 1.82) is 0 Å². The molecule has 4 nitrogen and oxygen atoms in total. The minimum Gasteiger partial charge on any atom is -0.345 e. The Morgan fingerprint density at radius 1 is 1.46 bits per heavy atom. The summed E-state index contributed by atoms with van der Waals surface area (Å²) in [7, 11) is 1.97. The quantitative estimate of drug-likeness (QED) is 0.578. The molecule has 1 aromatic rings. The molecule has 0 unspecified atom stereocenters. The van der Waals surface area contributed by atoms with Crippen LogP contribution in [0.3, 0.4) is 0 Å². The normalized spacial score (nSPS) is 15.7. The van der Waals surface area contributed by atoms with Crippen LogP contribution in [0.15, 0.2) is 10.9 Å². The van der Waals surface area contributed by atoms with Gasteiger partial charge in [-0.05, 0) is 13.3 Å². The van der Waals surface area contributed by atoms with Gasteiger partial charge in [0.1, 0.15) is 0 Å². The Labute approximate surface area is 76.8 Å². The van der Waals surface area contributed by atoms with Gasteiger partial charge in [0, 0.05) is 31.9 Å². The monoisotopic (exact) mass is 179 g/mol. The van der Waals surface area contributed by atoms with E-state index in [4.69, 9.17) is 0 Å². The molecule has 0 atom stereocenters. The highest BCUT2D eigenvalue weighted by Gasteiger charge is 2.15. The minimum absolute atomic E-state index is 0.0639. The van der Waals surface area contributed by atoms with Crippen LogP contribution in [0, 0.1) is 6.92 Å². The van der Waals surface area contributed by atoms with Crippen LogP contribution >= 0.6 is 0 Å². The van der Waals surface area contributed by atoms with Gasteiger partial charge < -0.3 is 4.90 Å². The van der Waals surface area contributed by atoms with E-state index in [9.17, 15) is 4.79 Å². The maximum atomic E-state index is 11.5. The summed E-state index contributed by atoms with van der Waals surface area (Å²) in [6, 6.07) is 1.59. The van der Waals surface area contributed by atoms with Gasteiger partial charge in [0.2, 0.25) is 5.95 Å². The van der Waals surface area contributed by atoms with Crippen molar-refractivity contribution in [2.24, 2.45) is 0 Å². The lowest BCUT2D eigenvalue weighted by Gasteiger charge is -2.27. The predicted octanol–water partition coefficient (Wildman–Crippen LogP) is 0.392. The van der Waals surface area contributed by atoms with Crippen LogP contribution in [-0.2, 0) is 6.54 Å². The van der Waals surface area contributed by atoms with E-state index in [1.54, 1.807) is 10.6 Å². The van der Waals surface area contributed by atoms with Crippen molar-refractivity contribution < 1.29 is 0 Å². The largest absolute Gasteiger partial charge is 0.345 e. The molecule has 1 aromatic heterocycles. The van der Waals surface area contributed by atoms with E-state index in [1.807, 2.05) is 18.9 Å². The molecule has 0 radical (unpaired) electrons. The Hall–Kier alpha value is -1.32. The molecule has 4 heteroatoms. The minimum atomic E-state index is 0.0639. The fraction of sp³-hybridized carbons (Fsp3) is 0.556. The number of hydrogen-bond donors (Lipinski definition) is 0. The molecule has 2 heterocycles. The summed E-state index contributed by atoms with van der Waals surface area (Å²) in [6.07, 6.45) is 1.02. The first-order valence-corrected chi connectivity index (χ1v) is 4.48. The van der Waals surface area contributed by atoms with Gasteiger partial charge in [0.25, 0.3) is 5.56 Å². The van der Waals surface area contributed by atoms with Crippen LogP contribution in [-0.4, -0.2) is 23.1 Å². The number of nitrogens with zero attached hydrogens (tertiary/aromatic N) is 3. The summed E-state index contributed by atoms with van der Waals surface area (Å²) >= 11 is 0. The zero-order valence-electron chi connectivity index (χ0n) is 7.95. The smallest absolute Gasteiger partial charge is 0.255 e. The molecular formula is C9H13N3O. The molecule has 70 valence electrons. The van der Waals surface area contributed by atoms with Crippen LogP contribution in [0.2, 0.25) is 0 Å². The predicted molar refractivity (Wildman–Crippen MR) is 51.1 cm³/mol. The van der Waals surface area contributed by atoms with E-state index in [2.05, 4.69) is 4.98 Å². The topological polar surface area (TPSA) is 38.1 Å². The molecule has 0 bridgehead atoms. The SMILES string of the molecule is Cc1cc(=O)n2c(n1)N(C)CCC2. The standard InChI is InChI=1S/C9H13N3O/c1-7-6-8(13)12-5-3-4-11(2)9(12)10-7/h6H,3-5H2,1-2H3. The molecule has 1 aliphatic heterocycles. The molecule has 0 aliphatic carbocycles. The Morgan fingerprint density at radius 3 is 3.00 bits per heavy atom. The second kappa shape index (κ2) is 2.87. The Bertz CT molecular complexity index is 383. The number of aryl methyl sites for hydroxylation is 1. The van der Waals surface area contributed by atoms with E-state index in [1.165, 1.54) is 0 Å². The van der Waals surface area contributed by atoms with Crippen LogP contribution in [0.1, 0.15) is 12.1 Å². The average molecular weight is 179 g/mol. The first kappa shape index (κ1) is 8.29. The zero-order valence-corrected chi connectivity index (χ0v) is 7.95. The maximum Gasteiger partial charge on any atom is 0.255 e. The van der Waals surface area contributed by atoms with Gasteiger partial charge in [0.05, 0.1) is 0 Å². The van der Waals surface area contributed by atoms with Gasteiger partial charge in [-0.1, -0.05) is 0 Å². The van der Waals surface area contributed by atoms with Crippen LogP contribution < -0.4 is 10.5 Å². The van der Waals surface area contributed by atoms with Gasteiger partial charge >= 0.3 is 0 Å². The third-order valence-electron chi connectivity index (χ3n) is 2.33. The molecule has 1 aliphatic rings. The summed E-state index contributed by atoms with van der Waals surface area (Å²) in [5.41, 5.74) is 0.860. The van der Waals surface area contributed by atoms with Crippen LogP contribution in [0.25, 0.3) is 0 Å². The molecule has 2 rings (SSSR count). The van der Waals surface area contributed by atoms with Gasteiger partial charge in [0.15, 0.2) is 0 Å². The fourth-order valence-electron chi connectivity index (χ4n) is 1.67. The van der Waals surface area contributed by atoms with Crippen molar-refractivity contribution in [2.45, 2.75) is 19.9 Å². The van der Waals surface area contributed by atoms with Crippen molar-refractivity contribution in [3.05, 3.63) is 22.1 Å². The van der Waals surface area contributed by atoms with Gasteiger partial charge in [-0.3, -0.25) is 9.36 Å². The van der Waals surface area contributed by atoms with Crippen LogP contribution in [0.5, 0.6) is 0 Å². The van der Waals surface area contributed by atoms with Crippen LogP contribution in [0.4, 0.5) is 5.95 Å². The average Bonchev–Trinajstić information content (AvgIpc) is 2.07. The molecule has 0 spiro atoms. The third kappa shape index (κ3) is 1.32. The maximum absolute atomic E-state index is 11.5. The number of rotatable bonds is 0. The molecular weight excluding hydrogens is 166 g/mol. The fourth-order valence-corrected chi connectivity index (χ4v) is 1.67. The Morgan fingerprint density at radius 2 is 2.23 bits per heavy atom. The van der Waals surface area contributed by atoms with Crippen molar-refractivity contribution in [1.82, 2.24) is 9.55 Å². The molecule has 0 saturated carbocycles. The first-order valence-electron chi connectivity index (χ1n) is 4.48. The van der Waals surface area contributed by atoms with E-state index in [-0.39, 0.29) is 5.56 Å². The second-order valence-electron chi connectivity index (χ2n) is 3.46. The Kier molecular flexibility index (Phi) is 1.83. The van der Waals surface area contributed by atoms with Crippen molar-refractivity contribution in [3.8, 4) is 0 Å². The van der Waals surface area contributed by atoms with E-state index in [0.717, 1.165) is 31.2 Å². The van der Waals surface area contributed by atoms with Gasteiger partial charge in [-0.2, -0.15) is 0 Å². The molecule has 0 fully saturated rings. The van der Waals surface area contributed by atoms with Gasteiger partial charge in [-0.25, -0.2) is 4.98 Å². The highest BCUT2D eigenvalue weighted by Crippen LogP contribution is 2.13. The van der Waals surface area contributed by atoms with E-state index < -0.39 is 0 Å². The lowest BCUT2D eigenvalue weighted by Crippen LogP contribution is -2.36. The number of fused-ring (bicyclic) bond motifs is 1. The van der Waals surface area contributed by atoms with Crippen molar-refractivity contribution >= 4 is 5.95 Å². The number of hydrogen-bond acceptors (Lipinski definition) is 3. The molecule has 0 N–H and O–H groups in total. The van der Waals surface area contributed by atoms with Crippen molar-refractivity contribution in [2.75, 3.05) is 18.5 Å². The second-order valence-corrected chi connectivity index (χ2v) is 3.46. The summed E-state index contributed by atoms with van der Waals surface area (Å²) in [6.45, 7) is 3.63. The summed E-state index contributed by atoms with van der Waals surface area (Å²) in [5.74, 6) is 0.802. The molecule has 0 aromatic carbocycles. The number of anilines is 1. The van der Waals surface area contributed by atoms with E-state index in [0.29, 0.717) is 0 Å². The summed E-state index contributed by atoms with van der Waals surface area (Å²) < 4.78 is 1.73. The molecule has 0 saturated heterocycles. The third-order valence-corrected chi connectivity index (χ3v) is 2.33. The van der Waals surface area contributed by atoms with Gasteiger partial charge in [-0.15, -0.1) is 0 Å². The Balaban J connectivity index is 2.63. The molecule has 13 heavy (non-hydrogen) atoms. The highest BCUT2D eigenvalue weighted by atomic mass is 16.1. The molecule has 0 amide bonds. The lowest BCUT2D eigenvalue weighted by atomic mass is 10.3. The lowest BCUT2D eigenvalue weighted by molar-refractivity contribution is 0.550. The summed E-state index contributed by atoms with van der Waals surface area (Å²) in [5, 5.41) is 0. The zero-order chi connectivity index (χ0) is 9.42.